The number of fused-ring (bicyclic) bond motifs is 1. The maximum atomic E-state index is 11.4. The monoisotopic (exact) mass is 230 g/mol. The lowest BCUT2D eigenvalue weighted by Gasteiger charge is -2.35. The summed E-state index contributed by atoms with van der Waals surface area (Å²) in [7, 11) is 2.63. The summed E-state index contributed by atoms with van der Waals surface area (Å²) in [5.74, 6) is -0.639. The summed E-state index contributed by atoms with van der Waals surface area (Å²) in [5, 5.41) is 10.4. The first-order chi connectivity index (χ1) is 7.52. The van der Waals surface area contributed by atoms with Gasteiger partial charge in [0.05, 0.1) is 19.6 Å². The predicted octanol–water partition coefficient (Wildman–Crippen LogP) is -0.964. The molecule has 2 aliphatic rings. The maximum Gasteiger partial charge on any atom is 0.308 e. The Labute approximate surface area is 92.5 Å². The highest BCUT2D eigenvalue weighted by Crippen LogP contribution is 2.44. The van der Waals surface area contributed by atoms with Gasteiger partial charge in [-0.3, -0.25) is 9.59 Å². The van der Waals surface area contributed by atoms with E-state index in [-0.39, 0.29) is 18.6 Å². The fourth-order valence-corrected chi connectivity index (χ4v) is 2.20. The molecule has 0 bridgehead atoms. The van der Waals surface area contributed by atoms with Gasteiger partial charge in [-0.1, -0.05) is 0 Å². The highest BCUT2D eigenvalue weighted by atomic mass is 16.6. The predicted molar refractivity (Wildman–Crippen MR) is 50.7 cm³/mol. The molecule has 2 fully saturated rings. The second-order valence-electron chi connectivity index (χ2n) is 4.12. The van der Waals surface area contributed by atoms with E-state index in [4.69, 9.17) is 9.47 Å². The second-order valence-corrected chi connectivity index (χ2v) is 4.12. The van der Waals surface area contributed by atoms with E-state index >= 15 is 0 Å². The van der Waals surface area contributed by atoms with Crippen LogP contribution >= 0.6 is 0 Å². The summed E-state index contributed by atoms with van der Waals surface area (Å²) in [4.78, 5) is 22.6. The lowest BCUT2D eigenvalue weighted by molar-refractivity contribution is -0.162. The van der Waals surface area contributed by atoms with Gasteiger partial charge >= 0.3 is 5.97 Å². The van der Waals surface area contributed by atoms with Crippen LogP contribution in [0.25, 0.3) is 0 Å². The quantitative estimate of drug-likeness (QED) is 0.496. The van der Waals surface area contributed by atoms with Gasteiger partial charge < -0.3 is 19.3 Å². The molecule has 2 rings (SSSR count). The normalized spacial score (nSPS) is 41.4. The molecular formula is C10H14O6. The van der Waals surface area contributed by atoms with Crippen molar-refractivity contribution in [1.82, 2.24) is 0 Å². The van der Waals surface area contributed by atoms with E-state index in [2.05, 4.69) is 4.74 Å². The van der Waals surface area contributed by atoms with Gasteiger partial charge in [0.2, 0.25) is 0 Å². The Hall–Kier alpha value is -0.980. The Morgan fingerprint density at radius 3 is 2.88 bits per heavy atom. The number of aliphatic hydroxyl groups is 1. The number of rotatable bonds is 3. The maximum absolute atomic E-state index is 11.4. The van der Waals surface area contributed by atoms with Crippen molar-refractivity contribution in [3.8, 4) is 0 Å². The zero-order valence-electron chi connectivity index (χ0n) is 9.13. The fraction of sp³-hybridized carbons (Fsp3) is 0.800. The summed E-state index contributed by atoms with van der Waals surface area (Å²) in [5.41, 5.74) is -1.46. The molecule has 0 unspecified atom stereocenters. The number of methoxy groups -OCH3 is 2. The van der Waals surface area contributed by atoms with Gasteiger partial charge in [0, 0.05) is 13.5 Å². The van der Waals surface area contributed by atoms with Gasteiger partial charge in [-0.2, -0.15) is 0 Å². The van der Waals surface area contributed by atoms with E-state index in [0.29, 0.717) is 0 Å². The fourth-order valence-electron chi connectivity index (χ4n) is 2.20. The van der Waals surface area contributed by atoms with E-state index in [0.717, 1.165) is 0 Å². The zero-order chi connectivity index (χ0) is 11.9. The second kappa shape index (κ2) is 3.80. The molecule has 6 heteroatoms. The molecule has 4 atom stereocenters. The SMILES string of the molecule is COC(=O)C[C@]1(O)[C@@H]2O[C@@H]2C(=O)C[C@H]1OC. The summed E-state index contributed by atoms with van der Waals surface area (Å²) in [6.45, 7) is 0. The van der Waals surface area contributed by atoms with Crippen LogP contribution in [0, 0.1) is 0 Å². The summed E-state index contributed by atoms with van der Waals surface area (Å²) < 4.78 is 14.7. The molecule has 1 aliphatic heterocycles. The van der Waals surface area contributed by atoms with Crippen LogP contribution in [0.5, 0.6) is 0 Å². The van der Waals surface area contributed by atoms with Crippen LogP contribution in [-0.2, 0) is 23.8 Å². The Morgan fingerprint density at radius 1 is 1.62 bits per heavy atom. The van der Waals surface area contributed by atoms with Gasteiger partial charge in [0.1, 0.15) is 17.8 Å². The van der Waals surface area contributed by atoms with Crippen LogP contribution in [-0.4, -0.2) is 55.0 Å². The Kier molecular flexibility index (Phi) is 2.73. The molecular weight excluding hydrogens is 216 g/mol. The molecule has 0 radical (unpaired) electrons. The van der Waals surface area contributed by atoms with Crippen molar-refractivity contribution in [2.75, 3.05) is 14.2 Å². The number of esters is 1. The minimum atomic E-state index is -1.46. The average Bonchev–Trinajstić information content (AvgIpc) is 3.04. The van der Waals surface area contributed by atoms with Crippen LogP contribution in [0.1, 0.15) is 12.8 Å². The first-order valence-corrected chi connectivity index (χ1v) is 5.03. The van der Waals surface area contributed by atoms with Crippen molar-refractivity contribution < 1.29 is 28.9 Å². The van der Waals surface area contributed by atoms with Crippen molar-refractivity contribution >= 4 is 11.8 Å². The number of Topliss-reactive ketones (excluding diaryl/α,β-unsaturated/α-hetero) is 1. The standard InChI is InChI=1S/C10H14O6/c1-14-6-3-5(11)8-9(16-8)10(6,13)4-7(12)15-2/h6,8-9,13H,3-4H2,1-2H3/t6-,8-,9-,10-/m1/s1. The van der Waals surface area contributed by atoms with Crippen molar-refractivity contribution in [1.29, 1.82) is 0 Å². The largest absolute Gasteiger partial charge is 0.469 e. The van der Waals surface area contributed by atoms with Gasteiger partial charge in [-0.05, 0) is 0 Å². The third kappa shape index (κ3) is 1.63. The van der Waals surface area contributed by atoms with Crippen LogP contribution in [0.15, 0.2) is 0 Å². The molecule has 0 aromatic rings. The van der Waals surface area contributed by atoms with E-state index in [1.165, 1.54) is 14.2 Å². The van der Waals surface area contributed by atoms with E-state index in [1.807, 2.05) is 0 Å². The third-order valence-electron chi connectivity index (χ3n) is 3.19. The highest BCUT2D eigenvalue weighted by Gasteiger charge is 2.65. The van der Waals surface area contributed by atoms with Crippen molar-refractivity contribution in [3.05, 3.63) is 0 Å². The highest BCUT2D eigenvalue weighted by molar-refractivity contribution is 5.89. The number of hydrogen-bond acceptors (Lipinski definition) is 6. The molecule has 0 amide bonds. The van der Waals surface area contributed by atoms with E-state index < -0.39 is 29.9 Å². The number of ether oxygens (including phenoxy) is 3. The molecule has 0 spiro atoms. The Balaban J connectivity index is 2.16. The molecule has 1 aliphatic carbocycles. The first kappa shape index (κ1) is 11.5. The molecule has 0 aromatic heterocycles. The van der Waals surface area contributed by atoms with Crippen molar-refractivity contribution in [2.45, 2.75) is 36.8 Å². The molecule has 0 aromatic carbocycles. The third-order valence-corrected chi connectivity index (χ3v) is 3.19. The van der Waals surface area contributed by atoms with E-state index in [1.54, 1.807) is 0 Å². The van der Waals surface area contributed by atoms with Crippen molar-refractivity contribution in [3.63, 3.8) is 0 Å². The Bertz CT molecular complexity index is 327. The van der Waals surface area contributed by atoms with Gasteiger partial charge in [0.15, 0.2) is 5.78 Å². The first-order valence-electron chi connectivity index (χ1n) is 5.03. The molecule has 6 nitrogen and oxygen atoms in total. The zero-order valence-corrected chi connectivity index (χ0v) is 9.13. The van der Waals surface area contributed by atoms with Crippen molar-refractivity contribution in [2.24, 2.45) is 0 Å². The van der Waals surface area contributed by atoms with Crippen LogP contribution in [0.4, 0.5) is 0 Å². The summed E-state index contributed by atoms with van der Waals surface area (Å²) >= 11 is 0. The van der Waals surface area contributed by atoms with Gasteiger partial charge in [-0.15, -0.1) is 0 Å². The smallest absolute Gasteiger partial charge is 0.308 e. The number of carbonyl (C=O) groups excluding carboxylic acids is 2. The average molecular weight is 230 g/mol. The summed E-state index contributed by atoms with van der Waals surface area (Å²) in [6, 6.07) is 0. The van der Waals surface area contributed by atoms with Gasteiger partial charge in [0.25, 0.3) is 0 Å². The van der Waals surface area contributed by atoms with Gasteiger partial charge in [-0.25, -0.2) is 0 Å². The number of hydrogen-bond donors (Lipinski definition) is 1. The number of ketones is 1. The lowest BCUT2D eigenvalue weighted by Crippen LogP contribution is -2.55. The minimum Gasteiger partial charge on any atom is -0.469 e. The van der Waals surface area contributed by atoms with Crippen LogP contribution < -0.4 is 0 Å². The van der Waals surface area contributed by atoms with E-state index in [9.17, 15) is 14.7 Å². The molecule has 90 valence electrons. The summed E-state index contributed by atoms with van der Waals surface area (Å²) in [6.07, 6.45) is -2.11. The number of carbonyl (C=O) groups is 2. The molecule has 1 saturated carbocycles. The molecule has 1 N–H and O–H groups in total. The number of epoxide rings is 1. The van der Waals surface area contributed by atoms with Crippen LogP contribution in [0.2, 0.25) is 0 Å². The van der Waals surface area contributed by atoms with Crippen LogP contribution in [0.3, 0.4) is 0 Å². The molecule has 16 heavy (non-hydrogen) atoms. The molecule has 1 saturated heterocycles. The Morgan fingerprint density at radius 2 is 2.31 bits per heavy atom. The topological polar surface area (TPSA) is 85.4 Å². The lowest BCUT2D eigenvalue weighted by atomic mass is 9.79. The minimum absolute atomic E-state index is 0.0607. The molecule has 1 heterocycles.